The molecule has 0 aliphatic heterocycles. The van der Waals surface area contributed by atoms with Crippen LogP contribution in [0.1, 0.15) is 23.4 Å². The third-order valence-corrected chi connectivity index (χ3v) is 4.95. The molecular formula is C18H22N4S. The number of benzene rings is 1. The third-order valence-electron chi connectivity index (χ3n) is 3.99. The van der Waals surface area contributed by atoms with Gasteiger partial charge in [-0.1, -0.05) is 30.3 Å². The van der Waals surface area contributed by atoms with Gasteiger partial charge in [-0.2, -0.15) is 0 Å². The highest BCUT2D eigenvalue weighted by molar-refractivity contribution is 7.18. The van der Waals surface area contributed by atoms with Gasteiger partial charge in [0.1, 0.15) is 17.0 Å². The van der Waals surface area contributed by atoms with Gasteiger partial charge in [0.25, 0.3) is 0 Å². The van der Waals surface area contributed by atoms with Gasteiger partial charge in [-0.05, 0) is 39.6 Å². The monoisotopic (exact) mass is 326 g/mol. The van der Waals surface area contributed by atoms with Crippen LogP contribution in [0.15, 0.2) is 42.7 Å². The third kappa shape index (κ3) is 3.35. The average molecular weight is 326 g/mol. The van der Waals surface area contributed by atoms with Crippen molar-refractivity contribution in [2.45, 2.75) is 25.9 Å². The molecule has 3 rings (SSSR count). The second-order valence-electron chi connectivity index (χ2n) is 6.05. The molecule has 5 heteroatoms. The van der Waals surface area contributed by atoms with Crippen molar-refractivity contribution < 1.29 is 0 Å². The van der Waals surface area contributed by atoms with E-state index in [1.807, 2.05) is 0 Å². The van der Waals surface area contributed by atoms with E-state index < -0.39 is 0 Å². The Balaban J connectivity index is 1.90. The summed E-state index contributed by atoms with van der Waals surface area (Å²) in [5.41, 5.74) is 1.30. The van der Waals surface area contributed by atoms with Gasteiger partial charge in [0.05, 0.1) is 11.4 Å². The second-order valence-corrected chi connectivity index (χ2v) is 7.29. The van der Waals surface area contributed by atoms with Gasteiger partial charge < -0.3 is 10.2 Å². The van der Waals surface area contributed by atoms with Gasteiger partial charge in [0, 0.05) is 10.9 Å². The summed E-state index contributed by atoms with van der Waals surface area (Å²) in [7, 11) is 4.22. The molecule has 0 radical (unpaired) electrons. The summed E-state index contributed by atoms with van der Waals surface area (Å²) in [4.78, 5) is 13.4. The number of likely N-dealkylation sites (N-methyl/N-ethyl adjacent to an activating group) is 1. The summed E-state index contributed by atoms with van der Waals surface area (Å²) in [6, 6.07) is 13.2. The Hall–Kier alpha value is -1.98. The number of rotatable bonds is 5. The minimum atomic E-state index is 0.214. The highest BCUT2D eigenvalue weighted by Crippen LogP contribution is 2.30. The van der Waals surface area contributed by atoms with Crippen LogP contribution in [-0.2, 0) is 0 Å². The van der Waals surface area contributed by atoms with Crippen molar-refractivity contribution in [1.29, 1.82) is 0 Å². The van der Waals surface area contributed by atoms with Crippen molar-refractivity contribution in [2.75, 3.05) is 19.4 Å². The molecule has 0 saturated carbocycles. The van der Waals surface area contributed by atoms with Gasteiger partial charge >= 0.3 is 0 Å². The molecule has 0 aliphatic carbocycles. The van der Waals surface area contributed by atoms with Gasteiger partial charge in [-0.25, -0.2) is 9.97 Å². The molecule has 1 N–H and O–H groups in total. The highest BCUT2D eigenvalue weighted by atomic mass is 32.1. The van der Waals surface area contributed by atoms with Gasteiger partial charge in [0.2, 0.25) is 0 Å². The molecule has 3 aromatic rings. The highest BCUT2D eigenvalue weighted by Gasteiger charge is 2.22. The lowest BCUT2D eigenvalue weighted by Crippen LogP contribution is -2.34. The van der Waals surface area contributed by atoms with Gasteiger partial charge in [0.15, 0.2) is 0 Å². The number of hydrogen-bond donors (Lipinski definition) is 1. The predicted octanol–water partition coefficient (Wildman–Crippen LogP) is 4.10. The number of anilines is 1. The van der Waals surface area contributed by atoms with E-state index in [2.05, 4.69) is 84.5 Å². The summed E-state index contributed by atoms with van der Waals surface area (Å²) in [5, 5.41) is 4.70. The van der Waals surface area contributed by atoms with Crippen molar-refractivity contribution in [3.05, 3.63) is 53.2 Å². The van der Waals surface area contributed by atoms with Crippen LogP contribution in [0, 0.1) is 6.92 Å². The Morgan fingerprint density at radius 2 is 1.87 bits per heavy atom. The summed E-state index contributed by atoms with van der Waals surface area (Å²) < 4.78 is 0. The number of hydrogen-bond acceptors (Lipinski definition) is 5. The van der Waals surface area contributed by atoms with E-state index in [1.165, 1.54) is 10.4 Å². The number of aromatic nitrogens is 2. The standard InChI is InChI=1S/C18H22N4S/c1-12-10-15-17(19-11-20-18(15)23-12)21-13(2)16(22(3)4)14-8-6-5-7-9-14/h5-11,13,16H,1-4H3,(H,19,20,21)/t13-,16-/m1/s1. The van der Waals surface area contributed by atoms with E-state index >= 15 is 0 Å². The molecule has 0 aliphatic rings. The molecule has 0 fully saturated rings. The van der Waals surface area contributed by atoms with E-state index in [4.69, 9.17) is 0 Å². The first kappa shape index (κ1) is 15.9. The van der Waals surface area contributed by atoms with Crippen LogP contribution in [0.3, 0.4) is 0 Å². The van der Waals surface area contributed by atoms with E-state index in [0.29, 0.717) is 0 Å². The smallest absolute Gasteiger partial charge is 0.138 e. The minimum Gasteiger partial charge on any atom is -0.365 e. The van der Waals surface area contributed by atoms with E-state index in [1.54, 1.807) is 17.7 Å². The Labute approximate surface area is 141 Å². The van der Waals surface area contributed by atoms with Crippen LogP contribution in [-0.4, -0.2) is 35.0 Å². The molecule has 2 aromatic heterocycles. The largest absolute Gasteiger partial charge is 0.365 e. The van der Waals surface area contributed by atoms with Crippen molar-refractivity contribution in [3.63, 3.8) is 0 Å². The molecule has 0 saturated heterocycles. The minimum absolute atomic E-state index is 0.214. The maximum atomic E-state index is 4.46. The molecule has 0 unspecified atom stereocenters. The average Bonchev–Trinajstić information content (AvgIpc) is 2.89. The fourth-order valence-electron chi connectivity index (χ4n) is 3.07. The van der Waals surface area contributed by atoms with Crippen molar-refractivity contribution in [1.82, 2.24) is 14.9 Å². The SMILES string of the molecule is Cc1cc2c(N[C@H](C)[C@H](c3ccccc3)N(C)C)ncnc2s1. The zero-order valence-corrected chi connectivity index (χ0v) is 14.8. The fraction of sp³-hybridized carbons (Fsp3) is 0.333. The van der Waals surface area contributed by atoms with Crippen LogP contribution < -0.4 is 5.32 Å². The Morgan fingerprint density at radius 1 is 1.13 bits per heavy atom. The number of nitrogens with zero attached hydrogens (tertiary/aromatic N) is 3. The molecule has 2 atom stereocenters. The fourth-order valence-corrected chi connectivity index (χ4v) is 3.92. The van der Waals surface area contributed by atoms with Crippen molar-refractivity contribution >= 4 is 27.4 Å². The molecule has 23 heavy (non-hydrogen) atoms. The second kappa shape index (κ2) is 6.64. The van der Waals surface area contributed by atoms with E-state index in [9.17, 15) is 0 Å². The number of nitrogens with one attached hydrogen (secondary N) is 1. The Kier molecular flexibility index (Phi) is 4.59. The number of aryl methyl sites for hydroxylation is 1. The molecule has 0 spiro atoms. The molecule has 1 aromatic carbocycles. The topological polar surface area (TPSA) is 41.0 Å². The van der Waals surface area contributed by atoms with Crippen LogP contribution in [0.5, 0.6) is 0 Å². The Morgan fingerprint density at radius 3 is 2.57 bits per heavy atom. The first-order chi connectivity index (χ1) is 11.1. The summed E-state index contributed by atoms with van der Waals surface area (Å²) in [6.07, 6.45) is 1.64. The maximum Gasteiger partial charge on any atom is 0.138 e. The lowest BCUT2D eigenvalue weighted by atomic mass is 9.99. The van der Waals surface area contributed by atoms with Crippen LogP contribution >= 0.6 is 11.3 Å². The Bertz CT molecular complexity index is 782. The molecule has 0 amide bonds. The quantitative estimate of drug-likeness (QED) is 0.766. The van der Waals surface area contributed by atoms with E-state index in [0.717, 1.165) is 16.0 Å². The zero-order chi connectivity index (χ0) is 16.4. The first-order valence-electron chi connectivity index (χ1n) is 7.75. The summed E-state index contributed by atoms with van der Waals surface area (Å²) in [6.45, 7) is 4.30. The van der Waals surface area contributed by atoms with Crippen molar-refractivity contribution in [3.8, 4) is 0 Å². The molecule has 120 valence electrons. The number of fused-ring (bicyclic) bond motifs is 1. The molecule has 4 nitrogen and oxygen atoms in total. The normalized spacial score (nSPS) is 14.1. The van der Waals surface area contributed by atoms with Gasteiger partial charge in [-0.15, -0.1) is 11.3 Å². The molecule has 0 bridgehead atoms. The predicted molar refractivity (Wildman–Crippen MR) is 98.1 cm³/mol. The van der Waals surface area contributed by atoms with Crippen molar-refractivity contribution in [2.24, 2.45) is 0 Å². The summed E-state index contributed by atoms with van der Waals surface area (Å²) in [5.74, 6) is 0.912. The van der Waals surface area contributed by atoms with Gasteiger partial charge in [-0.3, -0.25) is 0 Å². The van der Waals surface area contributed by atoms with Crippen LogP contribution in [0.4, 0.5) is 5.82 Å². The molecular weight excluding hydrogens is 304 g/mol. The zero-order valence-electron chi connectivity index (χ0n) is 13.9. The maximum absolute atomic E-state index is 4.46. The van der Waals surface area contributed by atoms with Crippen LogP contribution in [0.2, 0.25) is 0 Å². The van der Waals surface area contributed by atoms with E-state index in [-0.39, 0.29) is 12.1 Å². The van der Waals surface area contributed by atoms with Crippen LogP contribution in [0.25, 0.3) is 10.2 Å². The lowest BCUT2D eigenvalue weighted by Gasteiger charge is -2.31. The summed E-state index contributed by atoms with van der Waals surface area (Å²) >= 11 is 1.70. The lowest BCUT2D eigenvalue weighted by molar-refractivity contribution is 0.275. The number of thiophene rings is 1. The first-order valence-corrected chi connectivity index (χ1v) is 8.57. The molecule has 2 heterocycles.